The van der Waals surface area contributed by atoms with Gasteiger partial charge in [0.15, 0.2) is 0 Å². The first-order valence-electron chi connectivity index (χ1n) is 8.43. The van der Waals surface area contributed by atoms with Gasteiger partial charge in [-0.15, -0.1) is 0 Å². The molecule has 1 aliphatic rings. The Morgan fingerprint density at radius 1 is 1.36 bits per heavy atom. The molecule has 1 saturated heterocycles. The quantitative estimate of drug-likeness (QED) is 0.888. The molecule has 0 unspecified atom stereocenters. The summed E-state index contributed by atoms with van der Waals surface area (Å²) in [5, 5.41) is 0. The van der Waals surface area contributed by atoms with E-state index in [4.69, 9.17) is 10.5 Å². The molecule has 0 bridgehead atoms. The van der Waals surface area contributed by atoms with Crippen molar-refractivity contribution >= 4 is 11.9 Å². The van der Waals surface area contributed by atoms with Gasteiger partial charge in [-0.25, -0.2) is 9.97 Å². The molecular formula is C18H23N5O2. The summed E-state index contributed by atoms with van der Waals surface area (Å²) in [6.07, 6.45) is 4.34. The van der Waals surface area contributed by atoms with Crippen LogP contribution in [0.15, 0.2) is 30.6 Å². The van der Waals surface area contributed by atoms with Crippen molar-refractivity contribution in [1.82, 2.24) is 15.0 Å². The largest absolute Gasteiger partial charge is 0.488 e. The van der Waals surface area contributed by atoms with Gasteiger partial charge in [0, 0.05) is 49.4 Å². The summed E-state index contributed by atoms with van der Waals surface area (Å²) in [5.41, 5.74) is 7.32. The third-order valence-corrected chi connectivity index (χ3v) is 4.30. The SMILES string of the molecule is Cc1cc(C)nc(N2CC[C@@H](Oc3cccnc3)[C@H](CC(N)=O)C2)n1. The minimum absolute atomic E-state index is 0.0177. The molecule has 7 nitrogen and oxygen atoms in total. The molecule has 0 radical (unpaired) electrons. The number of piperidine rings is 1. The number of amides is 1. The van der Waals surface area contributed by atoms with E-state index in [9.17, 15) is 4.79 Å². The topological polar surface area (TPSA) is 94.2 Å². The van der Waals surface area contributed by atoms with Crippen molar-refractivity contribution < 1.29 is 9.53 Å². The first kappa shape index (κ1) is 17.1. The lowest BCUT2D eigenvalue weighted by Crippen LogP contribution is -2.47. The van der Waals surface area contributed by atoms with Crippen LogP contribution in [0.2, 0.25) is 0 Å². The van der Waals surface area contributed by atoms with Gasteiger partial charge in [0.1, 0.15) is 11.9 Å². The average Bonchev–Trinajstić information content (AvgIpc) is 2.56. The van der Waals surface area contributed by atoms with Gasteiger partial charge < -0.3 is 15.4 Å². The maximum atomic E-state index is 11.5. The second-order valence-corrected chi connectivity index (χ2v) is 6.46. The van der Waals surface area contributed by atoms with Gasteiger partial charge >= 0.3 is 0 Å². The number of aryl methyl sites for hydroxylation is 2. The molecule has 1 aliphatic heterocycles. The van der Waals surface area contributed by atoms with Crippen LogP contribution in [0.3, 0.4) is 0 Å². The molecule has 0 aliphatic carbocycles. The summed E-state index contributed by atoms with van der Waals surface area (Å²) in [4.78, 5) is 26.8. The van der Waals surface area contributed by atoms with E-state index in [1.54, 1.807) is 12.4 Å². The fraction of sp³-hybridized carbons (Fsp3) is 0.444. The van der Waals surface area contributed by atoms with Crippen LogP contribution >= 0.6 is 0 Å². The molecule has 0 saturated carbocycles. The monoisotopic (exact) mass is 341 g/mol. The fourth-order valence-corrected chi connectivity index (χ4v) is 3.24. The Balaban J connectivity index is 1.76. The molecule has 2 aromatic rings. The lowest BCUT2D eigenvalue weighted by molar-refractivity contribution is -0.119. The summed E-state index contributed by atoms with van der Waals surface area (Å²) in [6, 6.07) is 5.65. The number of carbonyl (C=O) groups is 1. The van der Waals surface area contributed by atoms with Crippen LogP contribution < -0.4 is 15.4 Å². The number of ether oxygens (including phenoxy) is 1. The van der Waals surface area contributed by atoms with E-state index in [-0.39, 0.29) is 24.3 Å². The molecule has 0 spiro atoms. The van der Waals surface area contributed by atoms with Gasteiger partial charge in [-0.2, -0.15) is 0 Å². The maximum absolute atomic E-state index is 11.5. The Kier molecular flexibility index (Phi) is 5.11. The Hall–Kier alpha value is -2.70. The Labute approximate surface area is 147 Å². The van der Waals surface area contributed by atoms with E-state index < -0.39 is 0 Å². The normalized spacial score (nSPS) is 20.3. The summed E-state index contributed by atoms with van der Waals surface area (Å²) in [5.74, 6) is 1.06. The average molecular weight is 341 g/mol. The van der Waals surface area contributed by atoms with E-state index >= 15 is 0 Å². The molecular weight excluding hydrogens is 318 g/mol. The van der Waals surface area contributed by atoms with E-state index in [0.29, 0.717) is 18.2 Å². The zero-order valence-corrected chi connectivity index (χ0v) is 14.6. The number of nitrogens with two attached hydrogens (primary N) is 1. The van der Waals surface area contributed by atoms with Gasteiger partial charge in [0.2, 0.25) is 11.9 Å². The Morgan fingerprint density at radius 2 is 2.12 bits per heavy atom. The van der Waals surface area contributed by atoms with Crippen molar-refractivity contribution in [2.45, 2.75) is 32.8 Å². The summed E-state index contributed by atoms with van der Waals surface area (Å²) < 4.78 is 6.06. The number of rotatable bonds is 5. The van der Waals surface area contributed by atoms with E-state index in [2.05, 4.69) is 19.9 Å². The maximum Gasteiger partial charge on any atom is 0.225 e. The molecule has 25 heavy (non-hydrogen) atoms. The van der Waals surface area contributed by atoms with Gasteiger partial charge in [0.25, 0.3) is 0 Å². The smallest absolute Gasteiger partial charge is 0.225 e. The van der Waals surface area contributed by atoms with Gasteiger partial charge in [-0.1, -0.05) is 0 Å². The van der Waals surface area contributed by atoms with Crippen molar-refractivity contribution in [3.8, 4) is 5.75 Å². The predicted octanol–water partition coefficient (Wildman–Crippen LogP) is 1.64. The second kappa shape index (κ2) is 7.46. The highest BCUT2D eigenvalue weighted by Crippen LogP contribution is 2.27. The highest BCUT2D eigenvalue weighted by atomic mass is 16.5. The number of pyridine rings is 1. The van der Waals surface area contributed by atoms with Crippen LogP contribution in [0.5, 0.6) is 5.75 Å². The highest BCUT2D eigenvalue weighted by Gasteiger charge is 2.33. The molecule has 2 aromatic heterocycles. The van der Waals surface area contributed by atoms with Gasteiger partial charge in [-0.05, 0) is 32.0 Å². The van der Waals surface area contributed by atoms with Crippen molar-refractivity contribution in [3.05, 3.63) is 42.0 Å². The second-order valence-electron chi connectivity index (χ2n) is 6.46. The zero-order valence-electron chi connectivity index (χ0n) is 14.6. The number of hydrogen-bond acceptors (Lipinski definition) is 6. The molecule has 1 fully saturated rings. The van der Waals surface area contributed by atoms with Crippen molar-refractivity contribution in [1.29, 1.82) is 0 Å². The highest BCUT2D eigenvalue weighted by molar-refractivity contribution is 5.74. The molecule has 2 N–H and O–H groups in total. The third-order valence-electron chi connectivity index (χ3n) is 4.30. The van der Waals surface area contributed by atoms with E-state index in [1.165, 1.54) is 0 Å². The number of nitrogens with zero attached hydrogens (tertiary/aromatic N) is 4. The minimum Gasteiger partial charge on any atom is -0.488 e. The number of aromatic nitrogens is 3. The molecule has 7 heteroatoms. The van der Waals surface area contributed by atoms with Crippen molar-refractivity contribution in [2.24, 2.45) is 11.7 Å². The van der Waals surface area contributed by atoms with Crippen LogP contribution in [0.4, 0.5) is 5.95 Å². The molecule has 3 heterocycles. The van der Waals surface area contributed by atoms with Crippen molar-refractivity contribution in [2.75, 3.05) is 18.0 Å². The van der Waals surface area contributed by atoms with Crippen LogP contribution in [0, 0.1) is 19.8 Å². The molecule has 0 aromatic carbocycles. The first-order valence-corrected chi connectivity index (χ1v) is 8.43. The first-order chi connectivity index (χ1) is 12.0. The van der Waals surface area contributed by atoms with Crippen LogP contribution in [-0.4, -0.2) is 40.1 Å². The summed E-state index contributed by atoms with van der Waals surface area (Å²) in [6.45, 7) is 5.31. The summed E-state index contributed by atoms with van der Waals surface area (Å²) >= 11 is 0. The third kappa shape index (κ3) is 4.43. The van der Waals surface area contributed by atoms with E-state index in [0.717, 1.165) is 24.4 Å². The lowest BCUT2D eigenvalue weighted by Gasteiger charge is -2.38. The van der Waals surface area contributed by atoms with Gasteiger partial charge in [0.05, 0.1) is 6.20 Å². The molecule has 1 amide bonds. The standard InChI is InChI=1S/C18H23N5O2/c1-12-8-13(2)22-18(21-12)23-7-5-16(14(11-23)9-17(19)24)25-15-4-3-6-20-10-15/h3-4,6,8,10,14,16H,5,7,9,11H2,1-2H3,(H2,19,24)/t14-,16-/m1/s1. The molecule has 2 atom stereocenters. The molecule has 132 valence electrons. The zero-order chi connectivity index (χ0) is 17.8. The number of carbonyl (C=O) groups excluding carboxylic acids is 1. The van der Waals surface area contributed by atoms with Crippen LogP contribution in [-0.2, 0) is 4.79 Å². The van der Waals surface area contributed by atoms with E-state index in [1.807, 2.05) is 32.0 Å². The Bertz CT molecular complexity index is 717. The predicted molar refractivity (Wildman–Crippen MR) is 94.3 cm³/mol. The number of primary amides is 1. The lowest BCUT2D eigenvalue weighted by atomic mass is 9.91. The van der Waals surface area contributed by atoms with Crippen LogP contribution in [0.25, 0.3) is 0 Å². The van der Waals surface area contributed by atoms with Gasteiger partial charge in [-0.3, -0.25) is 9.78 Å². The number of anilines is 1. The molecule has 3 rings (SSSR count). The fourth-order valence-electron chi connectivity index (χ4n) is 3.24. The minimum atomic E-state index is -0.326. The summed E-state index contributed by atoms with van der Waals surface area (Å²) in [7, 11) is 0. The van der Waals surface area contributed by atoms with Crippen LogP contribution in [0.1, 0.15) is 24.2 Å². The number of hydrogen-bond donors (Lipinski definition) is 1. The Morgan fingerprint density at radius 3 is 2.76 bits per heavy atom. The van der Waals surface area contributed by atoms with Crippen molar-refractivity contribution in [3.63, 3.8) is 0 Å².